The van der Waals surface area contributed by atoms with Gasteiger partial charge in [0, 0.05) is 24.7 Å². The molecular weight excluding hydrogens is 304 g/mol. The Labute approximate surface area is 143 Å². The van der Waals surface area contributed by atoms with Crippen molar-refractivity contribution in [3.8, 4) is 11.5 Å². The smallest absolute Gasteiger partial charge is 0.145 e. The van der Waals surface area contributed by atoms with Crippen LogP contribution in [0.25, 0.3) is 0 Å². The highest BCUT2D eigenvalue weighted by Crippen LogP contribution is 2.26. The van der Waals surface area contributed by atoms with E-state index in [0.717, 1.165) is 23.4 Å². The SMILES string of the molecule is Cc1cc(CN(C)CC(C)(CO)CO)ccc1Oc1cccnc1. The number of aliphatic hydroxyl groups is 2. The van der Waals surface area contributed by atoms with E-state index in [-0.39, 0.29) is 13.2 Å². The molecule has 0 unspecified atom stereocenters. The zero-order valence-corrected chi connectivity index (χ0v) is 14.6. The molecule has 0 aliphatic carbocycles. The van der Waals surface area contributed by atoms with Crippen molar-refractivity contribution in [3.05, 3.63) is 53.9 Å². The summed E-state index contributed by atoms with van der Waals surface area (Å²) in [5.41, 5.74) is 1.72. The predicted molar refractivity (Wildman–Crippen MR) is 94.1 cm³/mol. The number of aliphatic hydroxyl groups excluding tert-OH is 2. The molecule has 0 atom stereocenters. The first-order valence-corrected chi connectivity index (χ1v) is 8.03. The molecule has 1 aromatic carbocycles. The number of rotatable bonds is 8. The van der Waals surface area contributed by atoms with Crippen LogP contribution in [0.4, 0.5) is 0 Å². The van der Waals surface area contributed by atoms with Crippen LogP contribution in [0.2, 0.25) is 0 Å². The van der Waals surface area contributed by atoms with Gasteiger partial charge in [0.1, 0.15) is 11.5 Å². The Morgan fingerprint density at radius 2 is 1.96 bits per heavy atom. The Kier molecular flexibility index (Phi) is 6.31. The molecule has 0 fully saturated rings. The van der Waals surface area contributed by atoms with Crippen LogP contribution in [0.3, 0.4) is 0 Å². The average molecular weight is 330 g/mol. The topological polar surface area (TPSA) is 65.8 Å². The molecule has 0 radical (unpaired) electrons. The van der Waals surface area contributed by atoms with Crippen LogP contribution in [0, 0.1) is 12.3 Å². The van der Waals surface area contributed by atoms with E-state index in [1.54, 1.807) is 12.4 Å². The van der Waals surface area contributed by atoms with E-state index in [0.29, 0.717) is 12.3 Å². The number of nitrogens with zero attached hydrogens (tertiary/aromatic N) is 2. The molecule has 2 aromatic rings. The van der Waals surface area contributed by atoms with Crippen molar-refractivity contribution in [2.45, 2.75) is 20.4 Å². The minimum Gasteiger partial charge on any atom is -0.455 e. The lowest BCUT2D eigenvalue weighted by Gasteiger charge is -2.30. The fraction of sp³-hybridized carbons (Fsp3) is 0.421. The third-order valence-electron chi connectivity index (χ3n) is 3.97. The number of aryl methyl sites for hydroxylation is 1. The van der Waals surface area contributed by atoms with Crippen LogP contribution in [0.1, 0.15) is 18.1 Å². The first-order chi connectivity index (χ1) is 11.5. The molecule has 1 aromatic heterocycles. The molecule has 5 nitrogen and oxygen atoms in total. The first kappa shape index (κ1) is 18.4. The van der Waals surface area contributed by atoms with Gasteiger partial charge in [-0.2, -0.15) is 0 Å². The van der Waals surface area contributed by atoms with Crippen LogP contribution < -0.4 is 4.74 Å². The minimum absolute atomic E-state index is 0.0369. The lowest BCUT2D eigenvalue weighted by atomic mass is 9.92. The molecule has 130 valence electrons. The third-order valence-corrected chi connectivity index (χ3v) is 3.97. The third kappa shape index (κ3) is 5.03. The molecule has 0 saturated carbocycles. The molecule has 2 N–H and O–H groups in total. The molecule has 0 saturated heterocycles. The molecule has 1 heterocycles. The molecule has 5 heteroatoms. The Hall–Kier alpha value is -1.95. The first-order valence-electron chi connectivity index (χ1n) is 8.03. The fourth-order valence-corrected chi connectivity index (χ4v) is 2.63. The van der Waals surface area contributed by atoms with Gasteiger partial charge in [0.2, 0.25) is 0 Å². The van der Waals surface area contributed by atoms with Gasteiger partial charge in [-0.1, -0.05) is 19.1 Å². The molecule has 0 bridgehead atoms. The second-order valence-corrected chi connectivity index (χ2v) is 6.69. The van der Waals surface area contributed by atoms with E-state index >= 15 is 0 Å². The summed E-state index contributed by atoms with van der Waals surface area (Å²) in [5, 5.41) is 18.8. The highest BCUT2D eigenvalue weighted by atomic mass is 16.5. The summed E-state index contributed by atoms with van der Waals surface area (Å²) in [5.74, 6) is 1.53. The summed E-state index contributed by atoms with van der Waals surface area (Å²) in [6, 6.07) is 9.80. The maximum absolute atomic E-state index is 9.41. The summed E-state index contributed by atoms with van der Waals surface area (Å²) >= 11 is 0. The molecule has 24 heavy (non-hydrogen) atoms. The van der Waals surface area contributed by atoms with Gasteiger partial charge >= 0.3 is 0 Å². The van der Waals surface area contributed by atoms with E-state index in [2.05, 4.69) is 16.0 Å². The number of pyridine rings is 1. The summed E-state index contributed by atoms with van der Waals surface area (Å²) in [7, 11) is 1.99. The molecule has 0 aliphatic rings. The Morgan fingerprint density at radius 3 is 2.54 bits per heavy atom. The van der Waals surface area contributed by atoms with Crippen molar-refractivity contribution in [2.24, 2.45) is 5.41 Å². The van der Waals surface area contributed by atoms with Crippen molar-refractivity contribution in [1.29, 1.82) is 0 Å². The Bertz CT molecular complexity index is 642. The van der Waals surface area contributed by atoms with Crippen LogP contribution in [0.5, 0.6) is 11.5 Å². The van der Waals surface area contributed by atoms with Crippen molar-refractivity contribution >= 4 is 0 Å². The Balaban J connectivity index is 2.01. The van der Waals surface area contributed by atoms with E-state index < -0.39 is 5.41 Å². The zero-order valence-electron chi connectivity index (χ0n) is 14.6. The monoisotopic (exact) mass is 330 g/mol. The van der Waals surface area contributed by atoms with Crippen molar-refractivity contribution in [1.82, 2.24) is 9.88 Å². The summed E-state index contributed by atoms with van der Waals surface area (Å²) in [6.07, 6.45) is 3.40. The van der Waals surface area contributed by atoms with Crippen LogP contribution >= 0.6 is 0 Å². The van der Waals surface area contributed by atoms with Crippen LogP contribution in [0.15, 0.2) is 42.7 Å². The maximum atomic E-state index is 9.41. The largest absolute Gasteiger partial charge is 0.455 e. The quantitative estimate of drug-likeness (QED) is 0.779. The van der Waals surface area contributed by atoms with Crippen molar-refractivity contribution in [2.75, 3.05) is 26.8 Å². The molecule has 2 rings (SSSR count). The van der Waals surface area contributed by atoms with Gasteiger partial charge in [0.25, 0.3) is 0 Å². The highest BCUT2D eigenvalue weighted by molar-refractivity contribution is 5.39. The van der Waals surface area contributed by atoms with E-state index in [9.17, 15) is 10.2 Å². The summed E-state index contributed by atoms with van der Waals surface area (Å²) in [4.78, 5) is 6.15. The number of benzene rings is 1. The number of aromatic nitrogens is 1. The summed E-state index contributed by atoms with van der Waals surface area (Å²) < 4.78 is 5.84. The van der Waals surface area contributed by atoms with Crippen molar-refractivity contribution in [3.63, 3.8) is 0 Å². The van der Waals surface area contributed by atoms with Gasteiger partial charge in [-0.05, 0) is 43.3 Å². The number of hydrogen-bond donors (Lipinski definition) is 2. The fourth-order valence-electron chi connectivity index (χ4n) is 2.63. The zero-order chi connectivity index (χ0) is 17.6. The van der Waals surface area contributed by atoms with Gasteiger partial charge in [-0.25, -0.2) is 0 Å². The normalized spacial score (nSPS) is 11.8. The summed E-state index contributed by atoms with van der Waals surface area (Å²) in [6.45, 7) is 5.17. The van der Waals surface area contributed by atoms with E-state index in [1.165, 1.54) is 0 Å². The van der Waals surface area contributed by atoms with Gasteiger partial charge in [0.15, 0.2) is 0 Å². The number of hydrogen-bond acceptors (Lipinski definition) is 5. The van der Waals surface area contributed by atoms with Gasteiger partial charge in [-0.15, -0.1) is 0 Å². The van der Waals surface area contributed by atoms with Crippen molar-refractivity contribution < 1.29 is 14.9 Å². The number of ether oxygens (including phenoxy) is 1. The molecular formula is C19H26N2O3. The predicted octanol–water partition coefficient (Wildman–Crippen LogP) is 2.61. The van der Waals surface area contributed by atoms with Gasteiger partial charge in [-0.3, -0.25) is 4.98 Å². The molecule has 0 amide bonds. The molecule has 0 spiro atoms. The van der Waals surface area contributed by atoms with Crippen LogP contribution in [-0.4, -0.2) is 46.9 Å². The van der Waals surface area contributed by atoms with E-state index in [4.69, 9.17) is 4.74 Å². The second kappa shape index (κ2) is 8.24. The maximum Gasteiger partial charge on any atom is 0.145 e. The lowest BCUT2D eigenvalue weighted by molar-refractivity contribution is 0.0402. The van der Waals surface area contributed by atoms with Crippen LogP contribution in [-0.2, 0) is 6.54 Å². The minimum atomic E-state index is -0.493. The second-order valence-electron chi connectivity index (χ2n) is 6.69. The lowest BCUT2D eigenvalue weighted by Crippen LogP contribution is -2.38. The Morgan fingerprint density at radius 1 is 1.21 bits per heavy atom. The average Bonchev–Trinajstić information content (AvgIpc) is 2.58. The highest BCUT2D eigenvalue weighted by Gasteiger charge is 2.24. The van der Waals surface area contributed by atoms with Gasteiger partial charge < -0.3 is 19.8 Å². The standard InChI is InChI=1S/C19H26N2O3/c1-15-9-16(11-21(3)12-19(2,13-22)14-23)6-7-18(15)24-17-5-4-8-20-10-17/h4-10,22-23H,11-14H2,1-3H3. The van der Waals surface area contributed by atoms with Gasteiger partial charge in [0.05, 0.1) is 19.4 Å². The van der Waals surface area contributed by atoms with E-state index in [1.807, 2.05) is 45.2 Å². The molecule has 0 aliphatic heterocycles.